The molecule has 0 bridgehead atoms. The monoisotopic (exact) mass is 200 g/mol. The Morgan fingerprint density at radius 2 is 1.64 bits per heavy atom. The first-order valence-electron chi connectivity index (χ1n) is 5.96. The predicted octanol–water partition coefficient (Wildman–Crippen LogP) is 2.45. The first-order valence-corrected chi connectivity index (χ1v) is 5.96. The van der Waals surface area contributed by atoms with Crippen molar-refractivity contribution in [2.24, 2.45) is 0 Å². The van der Waals surface area contributed by atoms with Crippen molar-refractivity contribution in [3.05, 3.63) is 0 Å². The molecular weight excluding hydrogens is 172 g/mol. The summed E-state index contributed by atoms with van der Waals surface area (Å²) < 4.78 is 0. The van der Waals surface area contributed by atoms with Crippen LogP contribution in [0.2, 0.25) is 0 Å². The summed E-state index contributed by atoms with van der Waals surface area (Å²) in [4.78, 5) is 4.79. The Bertz CT molecular complexity index is 123. The largest absolute Gasteiger partial charge is 0.309 e. The molecule has 1 unspecified atom stereocenters. The highest BCUT2D eigenvalue weighted by molar-refractivity contribution is 4.68. The summed E-state index contributed by atoms with van der Waals surface area (Å²) in [6, 6.07) is 0.768. The van der Waals surface area contributed by atoms with Crippen LogP contribution in [-0.2, 0) is 0 Å². The maximum atomic E-state index is 2.52. The van der Waals surface area contributed by atoms with Gasteiger partial charge in [-0.25, -0.2) is 0 Å². The van der Waals surface area contributed by atoms with E-state index in [1.165, 1.54) is 38.8 Å². The molecule has 0 aliphatic rings. The summed E-state index contributed by atoms with van der Waals surface area (Å²) >= 11 is 0. The number of hydrogen-bond donors (Lipinski definition) is 0. The highest BCUT2D eigenvalue weighted by Crippen LogP contribution is 2.08. The van der Waals surface area contributed by atoms with E-state index in [9.17, 15) is 0 Å². The van der Waals surface area contributed by atoms with E-state index in [-0.39, 0.29) is 0 Å². The fraction of sp³-hybridized carbons (Fsp3) is 1.00. The van der Waals surface area contributed by atoms with Gasteiger partial charge in [-0.2, -0.15) is 0 Å². The first kappa shape index (κ1) is 13.9. The third-order valence-corrected chi connectivity index (χ3v) is 2.87. The van der Waals surface area contributed by atoms with E-state index in [4.69, 9.17) is 0 Å². The van der Waals surface area contributed by atoms with Crippen LogP contribution in [0.3, 0.4) is 0 Å². The lowest BCUT2D eigenvalue weighted by molar-refractivity contribution is 0.205. The van der Waals surface area contributed by atoms with Gasteiger partial charge in [0.1, 0.15) is 0 Å². The molecule has 0 N–H and O–H groups in total. The Hall–Kier alpha value is -0.0800. The average molecular weight is 200 g/mol. The molecule has 2 heteroatoms. The summed E-state index contributed by atoms with van der Waals surface area (Å²) in [6.45, 7) is 7.01. The van der Waals surface area contributed by atoms with Crippen molar-refractivity contribution in [3.8, 4) is 0 Å². The first-order chi connectivity index (χ1) is 6.61. The van der Waals surface area contributed by atoms with Crippen LogP contribution in [0.1, 0.15) is 39.5 Å². The number of unbranched alkanes of at least 4 members (excludes halogenated alkanes) is 1. The Morgan fingerprint density at radius 1 is 1.00 bits per heavy atom. The molecule has 0 aromatic heterocycles. The van der Waals surface area contributed by atoms with Gasteiger partial charge in [0.05, 0.1) is 0 Å². The van der Waals surface area contributed by atoms with Crippen LogP contribution in [0.4, 0.5) is 0 Å². The molecule has 0 heterocycles. The highest BCUT2D eigenvalue weighted by Gasteiger charge is 2.11. The number of rotatable bonds is 8. The number of nitrogens with zero attached hydrogens (tertiary/aromatic N) is 2. The Kier molecular flexibility index (Phi) is 8.20. The van der Waals surface area contributed by atoms with Gasteiger partial charge in [0.2, 0.25) is 0 Å². The van der Waals surface area contributed by atoms with E-state index in [2.05, 4.69) is 44.8 Å². The molecule has 0 aliphatic carbocycles. The van der Waals surface area contributed by atoms with E-state index in [1.807, 2.05) is 0 Å². The molecule has 0 rings (SSSR count). The standard InChI is InChI=1S/C12H28N2/c1-6-8-10-14(5)12(7-2)9-11-13(3)4/h12H,6-11H2,1-5H3. The van der Waals surface area contributed by atoms with Crippen LogP contribution < -0.4 is 0 Å². The van der Waals surface area contributed by atoms with E-state index in [0.717, 1.165) is 6.04 Å². The van der Waals surface area contributed by atoms with E-state index >= 15 is 0 Å². The highest BCUT2D eigenvalue weighted by atomic mass is 15.1. The molecule has 1 atom stereocenters. The second-order valence-electron chi connectivity index (χ2n) is 4.49. The predicted molar refractivity (Wildman–Crippen MR) is 64.8 cm³/mol. The van der Waals surface area contributed by atoms with Crippen LogP contribution in [0.25, 0.3) is 0 Å². The minimum absolute atomic E-state index is 0.768. The molecule has 0 aromatic rings. The summed E-state index contributed by atoms with van der Waals surface area (Å²) in [6.07, 6.45) is 5.20. The third kappa shape index (κ3) is 6.39. The normalized spacial score (nSPS) is 13.9. The molecule has 0 fully saturated rings. The Morgan fingerprint density at radius 3 is 2.07 bits per heavy atom. The van der Waals surface area contributed by atoms with Crippen LogP contribution >= 0.6 is 0 Å². The molecule has 86 valence electrons. The lowest BCUT2D eigenvalue weighted by Gasteiger charge is -2.28. The molecule has 0 saturated heterocycles. The van der Waals surface area contributed by atoms with Crippen molar-refractivity contribution in [1.82, 2.24) is 9.80 Å². The van der Waals surface area contributed by atoms with Gasteiger partial charge in [-0.05, 0) is 53.5 Å². The van der Waals surface area contributed by atoms with Gasteiger partial charge in [0, 0.05) is 6.04 Å². The van der Waals surface area contributed by atoms with Gasteiger partial charge < -0.3 is 9.80 Å². The van der Waals surface area contributed by atoms with Gasteiger partial charge in [-0.3, -0.25) is 0 Å². The molecule has 14 heavy (non-hydrogen) atoms. The second-order valence-corrected chi connectivity index (χ2v) is 4.49. The molecule has 0 aromatic carbocycles. The van der Waals surface area contributed by atoms with E-state index < -0.39 is 0 Å². The molecule has 0 spiro atoms. The quantitative estimate of drug-likeness (QED) is 0.594. The molecular formula is C12H28N2. The van der Waals surface area contributed by atoms with Crippen LogP contribution in [-0.4, -0.2) is 50.1 Å². The molecule has 0 aliphatic heterocycles. The van der Waals surface area contributed by atoms with Crippen molar-refractivity contribution in [2.75, 3.05) is 34.2 Å². The summed E-state index contributed by atoms with van der Waals surface area (Å²) in [5, 5.41) is 0. The Balaban J connectivity index is 3.74. The van der Waals surface area contributed by atoms with Crippen LogP contribution in [0, 0.1) is 0 Å². The summed E-state index contributed by atoms with van der Waals surface area (Å²) in [5.74, 6) is 0. The molecule has 0 amide bonds. The smallest absolute Gasteiger partial charge is 0.0102 e. The Labute approximate surface area is 90.3 Å². The summed E-state index contributed by atoms with van der Waals surface area (Å²) in [7, 11) is 6.57. The minimum Gasteiger partial charge on any atom is -0.309 e. The molecule has 0 saturated carbocycles. The SMILES string of the molecule is CCCCN(C)C(CC)CCN(C)C. The van der Waals surface area contributed by atoms with Crippen molar-refractivity contribution in [2.45, 2.75) is 45.6 Å². The fourth-order valence-corrected chi connectivity index (χ4v) is 1.73. The molecule has 0 radical (unpaired) electrons. The number of hydrogen-bond acceptors (Lipinski definition) is 2. The van der Waals surface area contributed by atoms with Gasteiger partial charge in [0.15, 0.2) is 0 Å². The zero-order valence-corrected chi connectivity index (χ0v) is 10.7. The molecule has 2 nitrogen and oxygen atoms in total. The second kappa shape index (κ2) is 8.25. The van der Waals surface area contributed by atoms with Crippen LogP contribution in [0.5, 0.6) is 0 Å². The van der Waals surface area contributed by atoms with Gasteiger partial charge in [-0.15, -0.1) is 0 Å². The maximum Gasteiger partial charge on any atom is 0.0102 e. The van der Waals surface area contributed by atoms with Crippen molar-refractivity contribution >= 4 is 0 Å². The minimum atomic E-state index is 0.768. The van der Waals surface area contributed by atoms with E-state index in [1.54, 1.807) is 0 Å². The maximum absolute atomic E-state index is 2.52. The van der Waals surface area contributed by atoms with Crippen molar-refractivity contribution in [3.63, 3.8) is 0 Å². The lowest BCUT2D eigenvalue weighted by atomic mass is 10.1. The zero-order chi connectivity index (χ0) is 11.0. The van der Waals surface area contributed by atoms with Gasteiger partial charge in [-0.1, -0.05) is 20.3 Å². The third-order valence-electron chi connectivity index (χ3n) is 2.87. The van der Waals surface area contributed by atoms with Gasteiger partial charge in [0.25, 0.3) is 0 Å². The van der Waals surface area contributed by atoms with Gasteiger partial charge >= 0.3 is 0 Å². The topological polar surface area (TPSA) is 6.48 Å². The zero-order valence-electron chi connectivity index (χ0n) is 10.7. The lowest BCUT2D eigenvalue weighted by Crippen LogP contribution is -2.34. The average Bonchev–Trinajstić information content (AvgIpc) is 2.15. The van der Waals surface area contributed by atoms with Crippen molar-refractivity contribution < 1.29 is 0 Å². The fourth-order valence-electron chi connectivity index (χ4n) is 1.73. The van der Waals surface area contributed by atoms with Crippen LogP contribution in [0.15, 0.2) is 0 Å². The van der Waals surface area contributed by atoms with E-state index in [0.29, 0.717) is 0 Å². The van der Waals surface area contributed by atoms with Crippen molar-refractivity contribution in [1.29, 1.82) is 0 Å². The summed E-state index contributed by atoms with van der Waals surface area (Å²) in [5.41, 5.74) is 0.